The Labute approximate surface area is 198 Å². The van der Waals surface area contributed by atoms with Gasteiger partial charge in [0.1, 0.15) is 0 Å². The first-order valence-corrected chi connectivity index (χ1v) is 14.5. The minimum absolute atomic E-state index is 0.0875. The van der Waals surface area contributed by atoms with Crippen molar-refractivity contribution in [3.05, 3.63) is 0 Å². The molecule has 0 aromatic carbocycles. The lowest BCUT2D eigenvalue weighted by Crippen LogP contribution is -2.58. The maximum atomic E-state index is 12.4. The number of carbonyl (C=O) groups excluding carboxylic acids is 1. The van der Waals surface area contributed by atoms with Crippen molar-refractivity contribution in [3.8, 4) is 0 Å². The van der Waals surface area contributed by atoms with Crippen LogP contribution in [-0.2, 0) is 14.9 Å². The number of fused-ring (bicyclic) bond motifs is 5. The van der Waals surface area contributed by atoms with E-state index in [9.17, 15) is 23.4 Å². The number of nitrogens with one attached hydrogen (secondary N) is 1. The average Bonchev–Trinajstić information content (AvgIpc) is 3.07. The molecular weight excluding hydrogens is 442 g/mol. The van der Waals surface area contributed by atoms with Crippen molar-refractivity contribution in [2.45, 2.75) is 90.8 Å². The fraction of sp³-hybridized carbons (Fsp3) is 0.960. The molecule has 7 nitrogen and oxygen atoms in total. The van der Waals surface area contributed by atoms with Gasteiger partial charge in [0.15, 0.2) is 0 Å². The second-order valence-electron chi connectivity index (χ2n) is 12.2. The highest BCUT2D eigenvalue weighted by Gasteiger charge is 2.63. The summed E-state index contributed by atoms with van der Waals surface area (Å²) in [7, 11) is -4.09. The molecule has 0 bridgehead atoms. The second kappa shape index (κ2) is 9.07. The zero-order valence-corrected chi connectivity index (χ0v) is 21.2. The molecule has 10 atom stereocenters. The van der Waals surface area contributed by atoms with Crippen LogP contribution in [0.1, 0.15) is 78.6 Å². The Balaban J connectivity index is 1.45. The molecule has 4 unspecified atom stereocenters. The highest BCUT2D eigenvalue weighted by Crippen LogP contribution is 2.68. The van der Waals surface area contributed by atoms with Crippen LogP contribution in [0, 0.1) is 46.3 Å². The summed E-state index contributed by atoms with van der Waals surface area (Å²) in [5.74, 6) is 1.81. The number of amides is 1. The first-order chi connectivity index (χ1) is 15.4. The molecule has 4 aliphatic carbocycles. The molecule has 0 spiro atoms. The molecule has 4 aliphatic rings. The van der Waals surface area contributed by atoms with Gasteiger partial charge in [0.05, 0.1) is 18.0 Å². The van der Waals surface area contributed by atoms with Gasteiger partial charge in [-0.3, -0.25) is 9.35 Å². The molecule has 0 aromatic rings. The van der Waals surface area contributed by atoms with Crippen molar-refractivity contribution in [2.24, 2.45) is 46.3 Å². The van der Waals surface area contributed by atoms with E-state index in [4.69, 9.17) is 4.55 Å². The zero-order chi connectivity index (χ0) is 24.2. The first kappa shape index (κ1) is 25.4. The number of aliphatic hydroxyl groups is 2. The molecule has 0 radical (unpaired) electrons. The average molecular weight is 486 g/mol. The third-order valence-electron chi connectivity index (χ3n) is 10.7. The summed E-state index contributed by atoms with van der Waals surface area (Å²) in [6.45, 7) is 6.67. The molecule has 0 saturated heterocycles. The normalized spacial score (nSPS) is 46.1. The maximum absolute atomic E-state index is 12.4. The van der Waals surface area contributed by atoms with Gasteiger partial charge < -0.3 is 15.5 Å². The minimum Gasteiger partial charge on any atom is -0.393 e. The third-order valence-corrected chi connectivity index (χ3v) is 11.4. The van der Waals surface area contributed by atoms with Gasteiger partial charge in [-0.05, 0) is 97.7 Å². The topological polar surface area (TPSA) is 124 Å². The maximum Gasteiger partial charge on any atom is 0.266 e. The predicted octanol–water partition coefficient (Wildman–Crippen LogP) is 3.01. The van der Waals surface area contributed by atoms with E-state index in [0.717, 1.165) is 38.5 Å². The highest BCUT2D eigenvalue weighted by molar-refractivity contribution is 7.85. The third kappa shape index (κ3) is 4.62. The summed E-state index contributed by atoms with van der Waals surface area (Å²) >= 11 is 0. The van der Waals surface area contributed by atoms with Crippen LogP contribution in [0.5, 0.6) is 0 Å². The zero-order valence-electron chi connectivity index (χ0n) is 20.4. The molecule has 4 N–H and O–H groups in total. The highest BCUT2D eigenvalue weighted by atomic mass is 32.2. The van der Waals surface area contributed by atoms with Crippen LogP contribution in [0.25, 0.3) is 0 Å². The molecule has 4 fully saturated rings. The van der Waals surface area contributed by atoms with Gasteiger partial charge in [0, 0.05) is 13.0 Å². The molecule has 0 aliphatic heterocycles. The molecule has 4 saturated carbocycles. The van der Waals surface area contributed by atoms with Crippen molar-refractivity contribution in [1.82, 2.24) is 5.32 Å². The molecule has 190 valence electrons. The fourth-order valence-electron chi connectivity index (χ4n) is 8.99. The van der Waals surface area contributed by atoms with E-state index in [-0.39, 0.29) is 47.3 Å². The van der Waals surface area contributed by atoms with Crippen molar-refractivity contribution < 1.29 is 28.0 Å². The van der Waals surface area contributed by atoms with Gasteiger partial charge in [-0.15, -0.1) is 0 Å². The molecular formula is C25H43NO6S. The van der Waals surface area contributed by atoms with Crippen LogP contribution in [0.4, 0.5) is 0 Å². The van der Waals surface area contributed by atoms with E-state index in [1.54, 1.807) is 0 Å². The van der Waals surface area contributed by atoms with E-state index < -0.39 is 15.9 Å². The number of rotatable bonds is 6. The van der Waals surface area contributed by atoms with Crippen LogP contribution in [0.15, 0.2) is 0 Å². The summed E-state index contributed by atoms with van der Waals surface area (Å²) in [5.41, 5.74) is 0.00770. The number of carbonyl (C=O) groups is 1. The Morgan fingerprint density at radius 3 is 2.48 bits per heavy atom. The lowest BCUT2D eigenvalue weighted by atomic mass is 9.43. The standard InChI is InChI=1S/C25H43NO6S/c1-15(12-23(29)26-10-11-33(30,31)32)19-6-7-20-18-5-4-16-13-17(27)8-9-24(16,2)21(18)14-22(28)25(19,20)3/h15-22,27-28H,4-14H2,1-3H3,(H,26,29)(H,30,31,32)/t15-,16?,17-,18?,19-,20?,21?,22+,24+,25-/m1/s1. The van der Waals surface area contributed by atoms with Crippen LogP contribution in [-0.4, -0.2) is 53.6 Å². The van der Waals surface area contributed by atoms with E-state index in [1.165, 1.54) is 12.8 Å². The van der Waals surface area contributed by atoms with Gasteiger partial charge in [0.25, 0.3) is 10.1 Å². The van der Waals surface area contributed by atoms with Gasteiger partial charge in [-0.2, -0.15) is 8.42 Å². The van der Waals surface area contributed by atoms with Crippen molar-refractivity contribution in [1.29, 1.82) is 0 Å². The lowest BCUT2D eigenvalue weighted by Gasteiger charge is -2.62. The Bertz CT molecular complexity index is 848. The monoisotopic (exact) mass is 485 g/mol. The van der Waals surface area contributed by atoms with Crippen molar-refractivity contribution >= 4 is 16.0 Å². The second-order valence-corrected chi connectivity index (χ2v) is 13.8. The van der Waals surface area contributed by atoms with Crippen molar-refractivity contribution in [2.75, 3.05) is 12.3 Å². The quantitative estimate of drug-likeness (QED) is 0.429. The van der Waals surface area contributed by atoms with E-state index >= 15 is 0 Å². The number of aliphatic hydroxyl groups excluding tert-OH is 2. The van der Waals surface area contributed by atoms with Crippen LogP contribution < -0.4 is 5.32 Å². The molecule has 0 heterocycles. The molecule has 8 heteroatoms. The Morgan fingerprint density at radius 2 is 1.79 bits per heavy atom. The van der Waals surface area contributed by atoms with Crippen LogP contribution >= 0.6 is 0 Å². The van der Waals surface area contributed by atoms with Gasteiger partial charge in [-0.1, -0.05) is 20.8 Å². The van der Waals surface area contributed by atoms with Gasteiger partial charge >= 0.3 is 0 Å². The van der Waals surface area contributed by atoms with Crippen LogP contribution in [0.3, 0.4) is 0 Å². The summed E-state index contributed by atoms with van der Waals surface area (Å²) in [6, 6.07) is 0. The molecule has 33 heavy (non-hydrogen) atoms. The molecule has 0 aromatic heterocycles. The van der Waals surface area contributed by atoms with E-state index in [0.29, 0.717) is 30.1 Å². The Morgan fingerprint density at radius 1 is 1.06 bits per heavy atom. The van der Waals surface area contributed by atoms with Gasteiger partial charge in [0.2, 0.25) is 5.91 Å². The predicted molar refractivity (Wildman–Crippen MR) is 126 cm³/mol. The summed E-state index contributed by atoms with van der Waals surface area (Å²) in [5, 5.41) is 24.4. The van der Waals surface area contributed by atoms with E-state index in [1.807, 2.05) is 0 Å². The smallest absolute Gasteiger partial charge is 0.266 e. The fourth-order valence-corrected chi connectivity index (χ4v) is 9.35. The Hall–Kier alpha value is -0.700. The molecule has 4 rings (SSSR count). The molecule has 1 amide bonds. The van der Waals surface area contributed by atoms with Crippen LogP contribution in [0.2, 0.25) is 0 Å². The number of hydrogen-bond donors (Lipinski definition) is 4. The minimum atomic E-state index is -4.09. The largest absolute Gasteiger partial charge is 0.393 e. The first-order valence-electron chi connectivity index (χ1n) is 12.9. The summed E-state index contributed by atoms with van der Waals surface area (Å²) < 4.78 is 30.6. The lowest BCUT2D eigenvalue weighted by molar-refractivity contribution is -0.175. The van der Waals surface area contributed by atoms with Gasteiger partial charge in [-0.25, -0.2) is 0 Å². The SMILES string of the molecule is C[C@H](CC(=O)NCCS(=O)(=O)O)[C@H]1CCC2C3CCC4C[C@H](O)CC[C@]4(C)C3C[C@H](O)[C@@]21C. The summed E-state index contributed by atoms with van der Waals surface area (Å²) in [6.07, 6.45) is 7.88. The number of hydrogen-bond acceptors (Lipinski definition) is 5. The van der Waals surface area contributed by atoms with E-state index in [2.05, 4.69) is 26.1 Å². The van der Waals surface area contributed by atoms with Crippen molar-refractivity contribution in [3.63, 3.8) is 0 Å². The summed E-state index contributed by atoms with van der Waals surface area (Å²) in [4.78, 5) is 12.4. The Kier molecular flexibility index (Phi) is 6.98.